The van der Waals surface area contributed by atoms with Crippen molar-refractivity contribution in [2.75, 3.05) is 13.2 Å². The summed E-state index contributed by atoms with van der Waals surface area (Å²) < 4.78 is 4.76. The van der Waals surface area contributed by atoms with E-state index in [0.29, 0.717) is 6.54 Å². The van der Waals surface area contributed by atoms with Gasteiger partial charge in [0, 0.05) is 12.6 Å². The fraction of sp³-hybridized carbons (Fsp3) is 0.182. The number of esters is 1. The van der Waals surface area contributed by atoms with E-state index >= 15 is 0 Å². The number of hydrogen-bond donors (Lipinski definition) is 1. The zero-order valence-electron chi connectivity index (χ0n) is 7.85. The Morgan fingerprint density at radius 2 is 2.07 bits per heavy atom. The molecule has 0 saturated carbocycles. The van der Waals surface area contributed by atoms with Crippen molar-refractivity contribution >= 4 is 12.0 Å². The molecule has 0 radical (unpaired) electrons. The molecule has 3 heteroatoms. The first kappa shape index (κ1) is 10.5. The van der Waals surface area contributed by atoms with Crippen molar-refractivity contribution < 1.29 is 9.53 Å². The SMILES string of the molecule is NCCOC(=O)C=Cc1ccccc1. The first-order valence-electron chi connectivity index (χ1n) is 4.43. The van der Waals surface area contributed by atoms with E-state index in [2.05, 4.69) is 0 Å². The first-order valence-corrected chi connectivity index (χ1v) is 4.43. The van der Waals surface area contributed by atoms with E-state index in [1.165, 1.54) is 6.08 Å². The lowest BCUT2D eigenvalue weighted by molar-refractivity contribution is -0.137. The molecule has 3 nitrogen and oxygen atoms in total. The normalized spacial score (nSPS) is 10.4. The molecule has 0 atom stereocenters. The Bertz CT molecular complexity index is 306. The predicted octanol–water partition coefficient (Wildman–Crippen LogP) is 1.20. The predicted molar refractivity (Wildman–Crippen MR) is 55.5 cm³/mol. The molecule has 0 aliphatic heterocycles. The minimum atomic E-state index is -0.362. The fourth-order valence-corrected chi connectivity index (χ4v) is 0.936. The lowest BCUT2D eigenvalue weighted by atomic mass is 10.2. The number of benzene rings is 1. The molecule has 0 aromatic heterocycles. The lowest BCUT2D eigenvalue weighted by Crippen LogP contribution is -2.11. The molecule has 14 heavy (non-hydrogen) atoms. The minimum Gasteiger partial charge on any atom is -0.461 e. The Kier molecular flexibility index (Phi) is 4.44. The highest BCUT2D eigenvalue weighted by molar-refractivity contribution is 5.86. The van der Waals surface area contributed by atoms with E-state index in [-0.39, 0.29) is 12.6 Å². The Balaban J connectivity index is 2.44. The van der Waals surface area contributed by atoms with Crippen molar-refractivity contribution in [1.82, 2.24) is 0 Å². The van der Waals surface area contributed by atoms with Gasteiger partial charge in [-0.25, -0.2) is 4.79 Å². The van der Waals surface area contributed by atoms with Crippen molar-refractivity contribution in [3.8, 4) is 0 Å². The van der Waals surface area contributed by atoms with Crippen LogP contribution < -0.4 is 5.73 Å². The van der Waals surface area contributed by atoms with E-state index in [1.807, 2.05) is 30.3 Å². The van der Waals surface area contributed by atoms with Gasteiger partial charge in [0.05, 0.1) is 0 Å². The van der Waals surface area contributed by atoms with E-state index in [1.54, 1.807) is 6.08 Å². The number of hydrogen-bond acceptors (Lipinski definition) is 3. The molecule has 0 fully saturated rings. The van der Waals surface area contributed by atoms with Crippen molar-refractivity contribution in [3.05, 3.63) is 42.0 Å². The van der Waals surface area contributed by atoms with E-state index < -0.39 is 0 Å². The Morgan fingerprint density at radius 1 is 1.36 bits per heavy atom. The fourth-order valence-electron chi connectivity index (χ4n) is 0.936. The summed E-state index contributed by atoms with van der Waals surface area (Å²) in [6.07, 6.45) is 3.10. The molecular weight excluding hydrogens is 178 g/mol. The maximum absolute atomic E-state index is 11.0. The Labute approximate surface area is 83.2 Å². The van der Waals surface area contributed by atoms with Gasteiger partial charge in [-0.2, -0.15) is 0 Å². The van der Waals surface area contributed by atoms with Crippen molar-refractivity contribution in [2.24, 2.45) is 5.73 Å². The summed E-state index contributed by atoms with van der Waals surface area (Å²) in [6.45, 7) is 0.614. The summed E-state index contributed by atoms with van der Waals surface area (Å²) in [5.74, 6) is -0.362. The number of carbonyl (C=O) groups is 1. The van der Waals surface area contributed by atoms with Gasteiger partial charge >= 0.3 is 5.97 Å². The molecule has 0 spiro atoms. The molecule has 0 aliphatic rings. The van der Waals surface area contributed by atoms with E-state index in [0.717, 1.165) is 5.56 Å². The second-order valence-corrected chi connectivity index (χ2v) is 2.70. The first-order chi connectivity index (χ1) is 6.83. The quantitative estimate of drug-likeness (QED) is 0.574. The summed E-state index contributed by atoms with van der Waals surface area (Å²) >= 11 is 0. The second kappa shape index (κ2) is 5.94. The smallest absolute Gasteiger partial charge is 0.330 e. The summed E-state index contributed by atoms with van der Waals surface area (Å²) in [6, 6.07) is 9.55. The average molecular weight is 191 g/mol. The molecule has 0 unspecified atom stereocenters. The van der Waals surface area contributed by atoms with Gasteiger partial charge in [0.2, 0.25) is 0 Å². The highest BCUT2D eigenvalue weighted by Crippen LogP contribution is 2.00. The third-order valence-corrected chi connectivity index (χ3v) is 1.57. The molecular formula is C11H13NO2. The standard InChI is InChI=1S/C11H13NO2/c12-8-9-14-11(13)7-6-10-4-2-1-3-5-10/h1-7H,8-9,12H2. The lowest BCUT2D eigenvalue weighted by Gasteiger charge is -1.97. The van der Waals surface area contributed by atoms with Gasteiger partial charge < -0.3 is 10.5 Å². The van der Waals surface area contributed by atoms with Gasteiger partial charge in [0.1, 0.15) is 6.61 Å². The van der Waals surface area contributed by atoms with Gasteiger partial charge in [-0.3, -0.25) is 0 Å². The van der Waals surface area contributed by atoms with Crippen LogP contribution >= 0.6 is 0 Å². The number of carbonyl (C=O) groups excluding carboxylic acids is 1. The largest absolute Gasteiger partial charge is 0.461 e. The zero-order valence-corrected chi connectivity index (χ0v) is 7.85. The van der Waals surface area contributed by atoms with Gasteiger partial charge in [-0.1, -0.05) is 30.3 Å². The van der Waals surface area contributed by atoms with Gasteiger partial charge in [-0.15, -0.1) is 0 Å². The molecule has 1 rings (SSSR count). The maximum atomic E-state index is 11.0. The van der Waals surface area contributed by atoms with Crippen molar-refractivity contribution in [1.29, 1.82) is 0 Å². The summed E-state index contributed by atoms with van der Waals surface area (Å²) in [4.78, 5) is 11.0. The highest BCUT2D eigenvalue weighted by Gasteiger charge is 1.94. The number of rotatable bonds is 4. The molecule has 0 aliphatic carbocycles. The van der Waals surface area contributed by atoms with E-state index in [9.17, 15) is 4.79 Å². The zero-order chi connectivity index (χ0) is 10.2. The summed E-state index contributed by atoms with van der Waals surface area (Å²) in [5, 5.41) is 0. The van der Waals surface area contributed by atoms with Crippen LogP contribution in [0.1, 0.15) is 5.56 Å². The Hall–Kier alpha value is -1.61. The third kappa shape index (κ3) is 3.87. The molecule has 0 heterocycles. The second-order valence-electron chi connectivity index (χ2n) is 2.70. The monoisotopic (exact) mass is 191 g/mol. The van der Waals surface area contributed by atoms with Crippen molar-refractivity contribution in [2.45, 2.75) is 0 Å². The maximum Gasteiger partial charge on any atom is 0.330 e. The average Bonchev–Trinajstić information content (AvgIpc) is 2.25. The van der Waals surface area contributed by atoms with Crippen LogP contribution in [-0.2, 0) is 9.53 Å². The van der Waals surface area contributed by atoms with Crippen LogP contribution in [0, 0.1) is 0 Å². The van der Waals surface area contributed by atoms with Crippen LogP contribution in [0.3, 0.4) is 0 Å². The molecule has 0 saturated heterocycles. The van der Waals surface area contributed by atoms with Crippen LogP contribution in [0.15, 0.2) is 36.4 Å². The molecule has 1 aromatic rings. The molecule has 0 amide bonds. The summed E-state index contributed by atoms with van der Waals surface area (Å²) in [5.41, 5.74) is 6.15. The summed E-state index contributed by atoms with van der Waals surface area (Å²) in [7, 11) is 0. The third-order valence-electron chi connectivity index (χ3n) is 1.57. The van der Waals surface area contributed by atoms with Crippen LogP contribution in [0.2, 0.25) is 0 Å². The molecule has 2 N–H and O–H groups in total. The van der Waals surface area contributed by atoms with Crippen molar-refractivity contribution in [3.63, 3.8) is 0 Å². The number of nitrogens with two attached hydrogens (primary N) is 1. The molecule has 74 valence electrons. The van der Waals surface area contributed by atoms with E-state index in [4.69, 9.17) is 10.5 Å². The number of ether oxygens (including phenoxy) is 1. The van der Waals surface area contributed by atoms with Gasteiger partial charge in [0.25, 0.3) is 0 Å². The minimum absolute atomic E-state index is 0.262. The molecule has 1 aromatic carbocycles. The van der Waals surface area contributed by atoms with Gasteiger partial charge in [-0.05, 0) is 11.6 Å². The molecule has 0 bridgehead atoms. The van der Waals surface area contributed by atoms with Crippen LogP contribution in [0.25, 0.3) is 6.08 Å². The highest BCUT2D eigenvalue weighted by atomic mass is 16.5. The topological polar surface area (TPSA) is 52.3 Å². The van der Waals surface area contributed by atoms with Gasteiger partial charge in [0.15, 0.2) is 0 Å². The Morgan fingerprint density at radius 3 is 2.71 bits per heavy atom. The van der Waals surface area contributed by atoms with Crippen LogP contribution in [-0.4, -0.2) is 19.1 Å². The van der Waals surface area contributed by atoms with Crippen LogP contribution in [0.4, 0.5) is 0 Å². The van der Waals surface area contributed by atoms with Crippen LogP contribution in [0.5, 0.6) is 0 Å².